The highest BCUT2D eigenvalue weighted by Crippen LogP contribution is 2.40. The molecule has 100 valence electrons. The van der Waals surface area contributed by atoms with Crippen molar-refractivity contribution in [2.75, 3.05) is 20.4 Å². The number of fused-ring (bicyclic) bond motifs is 1. The number of halogens is 1. The molecule has 0 aliphatic carbocycles. The Bertz CT molecular complexity index is 443. The van der Waals surface area contributed by atoms with Gasteiger partial charge < -0.3 is 14.6 Å². The molecule has 5 heteroatoms. The smallest absolute Gasteiger partial charge is 0.231 e. The molecule has 1 aromatic rings. The molecule has 1 aliphatic rings. The molecule has 1 heterocycles. The first-order valence-electron chi connectivity index (χ1n) is 5.84. The molecular formula is C13H18BrNO3. The Hall–Kier alpha value is -0.780. The van der Waals surface area contributed by atoms with E-state index in [0.29, 0.717) is 6.54 Å². The van der Waals surface area contributed by atoms with Crippen LogP contribution in [0.15, 0.2) is 16.6 Å². The number of aliphatic hydroxyl groups is 1. The van der Waals surface area contributed by atoms with Crippen LogP contribution in [0.2, 0.25) is 0 Å². The number of hydrogen-bond donors (Lipinski definition) is 1. The monoisotopic (exact) mass is 315 g/mol. The Balaban J connectivity index is 2.08. The summed E-state index contributed by atoms with van der Waals surface area (Å²) in [5.74, 6) is 1.54. The van der Waals surface area contributed by atoms with Crippen LogP contribution in [0.4, 0.5) is 0 Å². The largest absolute Gasteiger partial charge is 0.454 e. The van der Waals surface area contributed by atoms with E-state index in [1.165, 1.54) is 0 Å². The standard InChI is InChI=1S/C13H18BrNO3/c1-13(2,16)7-15(3)6-9-4-10(14)12-11(5-9)17-8-18-12/h4-5,16H,6-8H2,1-3H3. The Labute approximate surface area is 116 Å². The minimum absolute atomic E-state index is 0.275. The Morgan fingerprint density at radius 2 is 2.11 bits per heavy atom. The Morgan fingerprint density at radius 1 is 1.39 bits per heavy atom. The number of likely N-dealkylation sites (N-methyl/N-ethyl adjacent to an activating group) is 1. The van der Waals surface area contributed by atoms with Gasteiger partial charge in [-0.05, 0) is 54.5 Å². The molecule has 0 saturated carbocycles. The molecule has 4 nitrogen and oxygen atoms in total. The molecule has 0 unspecified atom stereocenters. The van der Waals surface area contributed by atoms with E-state index in [2.05, 4.69) is 20.8 Å². The Kier molecular flexibility index (Phi) is 3.84. The average molecular weight is 316 g/mol. The lowest BCUT2D eigenvalue weighted by molar-refractivity contribution is 0.0425. The van der Waals surface area contributed by atoms with Crippen molar-refractivity contribution in [1.82, 2.24) is 4.90 Å². The van der Waals surface area contributed by atoms with E-state index in [1.807, 2.05) is 19.2 Å². The highest BCUT2D eigenvalue weighted by atomic mass is 79.9. The van der Waals surface area contributed by atoms with E-state index in [4.69, 9.17) is 9.47 Å². The summed E-state index contributed by atoms with van der Waals surface area (Å²) in [4.78, 5) is 2.07. The van der Waals surface area contributed by atoms with E-state index in [-0.39, 0.29) is 6.79 Å². The number of hydrogen-bond acceptors (Lipinski definition) is 4. The first-order valence-corrected chi connectivity index (χ1v) is 6.63. The molecule has 0 amide bonds. The summed E-state index contributed by atoms with van der Waals surface area (Å²) in [6, 6.07) is 4.00. The van der Waals surface area contributed by atoms with Gasteiger partial charge in [-0.1, -0.05) is 0 Å². The highest BCUT2D eigenvalue weighted by Gasteiger charge is 2.20. The van der Waals surface area contributed by atoms with Gasteiger partial charge in [0.1, 0.15) is 0 Å². The molecule has 2 rings (SSSR count). The third-order valence-electron chi connectivity index (χ3n) is 2.60. The zero-order chi connectivity index (χ0) is 13.3. The van der Waals surface area contributed by atoms with Crippen LogP contribution in [0.1, 0.15) is 19.4 Å². The average Bonchev–Trinajstić information content (AvgIpc) is 2.62. The second-order valence-electron chi connectivity index (χ2n) is 5.30. The maximum atomic E-state index is 9.78. The van der Waals surface area contributed by atoms with Gasteiger partial charge in [-0.15, -0.1) is 0 Å². The van der Waals surface area contributed by atoms with E-state index >= 15 is 0 Å². The van der Waals surface area contributed by atoms with Crippen molar-refractivity contribution >= 4 is 15.9 Å². The zero-order valence-corrected chi connectivity index (χ0v) is 12.5. The van der Waals surface area contributed by atoms with Crippen LogP contribution >= 0.6 is 15.9 Å². The first kappa shape index (κ1) is 13.6. The van der Waals surface area contributed by atoms with Gasteiger partial charge >= 0.3 is 0 Å². The quantitative estimate of drug-likeness (QED) is 0.926. The third kappa shape index (κ3) is 3.37. The predicted molar refractivity (Wildman–Crippen MR) is 72.9 cm³/mol. The lowest BCUT2D eigenvalue weighted by Gasteiger charge is -2.25. The van der Waals surface area contributed by atoms with Crippen molar-refractivity contribution in [3.05, 3.63) is 22.2 Å². The third-order valence-corrected chi connectivity index (χ3v) is 3.19. The fraction of sp³-hybridized carbons (Fsp3) is 0.538. The summed E-state index contributed by atoms with van der Waals surface area (Å²) in [5, 5.41) is 9.78. The van der Waals surface area contributed by atoms with Crippen molar-refractivity contribution in [3.8, 4) is 11.5 Å². The molecule has 0 aromatic heterocycles. The van der Waals surface area contributed by atoms with Crippen molar-refractivity contribution in [2.45, 2.75) is 26.0 Å². The van der Waals surface area contributed by atoms with Crippen LogP contribution in [0.5, 0.6) is 11.5 Å². The van der Waals surface area contributed by atoms with Crippen molar-refractivity contribution in [1.29, 1.82) is 0 Å². The SMILES string of the molecule is CN(Cc1cc(Br)c2c(c1)OCO2)CC(C)(C)O. The summed E-state index contributed by atoms with van der Waals surface area (Å²) in [6.45, 7) is 5.24. The van der Waals surface area contributed by atoms with E-state index in [9.17, 15) is 5.11 Å². The number of nitrogens with zero attached hydrogens (tertiary/aromatic N) is 1. The highest BCUT2D eigenvalue weighted by molar-refractivity contribution is 9.10. The van der Waals surface area contributed by atoms with Crippen molar-refractivity contribution in [2.24, 2.45) is 0 Å². The van der Waals surface area contributed by atoms with Crippen LogP contribution in [0, 0.1) is 0 Å². The summed E-state index contributed by atoms with van der Waals surface area (Å²) >= 11 is 3.48. The molecule has 0 atom stereocenters. The van der Waals surface area contributed by atoms with Gasteiger partial charge in [-0.2, -0.15) is 0 Å². The minimum Gasteiger partial charge on any atom is -0.454 e. The van der Waals surface area contributed by atoms with Gasteiger partial charge in [0.2, 0.25) is 6.79 Å². The van der Waals surface area contributed by atoms with Crippen LogP contribution in [-0.2, 0) is 6.54 Å². The fourth-order valence-electron chi connectivity index (χ4n) is 2.14. The normalized spacial score (nSPS) is 14.3. The number of rotatable bonds is 4. The van der Waals surface area contributed by atoms with Gasteiger partial charge in [-0.25, -0.2) is 0 Å². The maximum absolute atomic E-state index is 9.78. The van der Waals surface area contributed by atoms with E-state index in [0.717, 1.165) is 28.1 Å². The molecule has 1 aliphatic heterocycles. The molecule has 0 spiro atoms. The van der Waals surface area contributed by atoms with E-state index in [1.54, 1.807) is 13.8 Å². The molecular weight excluding hydrogens is 298 g/mol. The molecule has 0 saturated heterocycles. The van der Waals surface area contributed by atoms with Gasteiger partial charge in [0.05, 0.1) is 10.1 Å². The van der Waals surface area contributed by atoms with Crippen molar-refractivity contribution in [3.63, 3.8) is 0 Å². The summed E-state index contributed by atoms with van der Waals surface area (Å²) in [7, 11) is 1.98. The topological polar surface area (TPSA) is 41.9 Å². The van der Waals surface area contributed by atoms with E-state index < -0.39 is 5.60 Å². The molecule has 0 radical (unpaired) electrons. The van der Waals surface area contributed by atoms with Crippen LogP contribution < -0.4 is 9.47 Å². The lowest BCUT2D eigenvalue weighted by Crippen LogP contribution is -2.35. The van der Waals surface area contributed by atoms with Gasteiger partial charge in [0.25, 0.3) is 0 Å². The minimum atomic E-state index is -0.692. The predicted octanol–water partition coefficient (Wildman–Crippen LogP) is 2.38. The van der Waals surface area contributed by atoms with Crippen LogP contribution in [0.25, 0.3) is 0 Å². The second-order valence-corrected chi connectivity index (χ2v) is 6.15. The fourth-order valence-corrected chi connectivity index (χ4v) is 2.74. The molecule has 18 heavy (non-hydrogen) atoms. The first-order chi connectivity index (χ1) is 8.35. The van der Waals surface area contributed by atoms with Crippen molar-refractivity contribution < 1.29 is 14.6 Å². The molecule has 0 fully saturated rings. The lowest BCUT2D eigenvalue weighted by atomic mass is 10.1. The second kappa shape index (κ2) is 5.07. The maximum Gasteiger partial charge on any atom is 0.231 e. The Morgan fingerprint density at radius 3 is 2.78 bits per heavy atom. The molecule has 0 bridgehead atoms. The number of ether oxygens (including phenoxy) is 2. The van der Waals surface area contributed by atoms with Gasteiger partial charge in [0.15, 0.2) is 11.5 Å². The summed E-state index contributed by atoms with van der Waals surface area (Å²) < 4.78 is 11.6. The summed E-state index contributed by atoms with van der Waals surface area (Å²) in [6.07, 6.45) is 0. The number of benzene rings is 1. The van der Waals surface area contributed by atoms with Crippen LogP contribution in [-0.4, -0.2) is 36.0 Å². The zero-order valence-electron chi connectivity index (χ0n) is 10.9. The van der Waals surface area contributed by atoms with Crippen LogP contribution in [0.3, 0.4) is 0 Å². The molecule has 1 N–H and O–H groups in total. The van der Waals surface area contributed by atoms with Gasteiger partial charge in [-0.3, -0.25) is 4.90 Å². The van der Waals surface area contributed by atoms with Gasteiger partial charge in [0, 0.05) is 13.1 Å². The summed E-state index contributed by atoms with van der Waals surface area (Å²) in [5.41, 5.74) is 0.431. The molecule has 1 aromatic carbocycles.